The second kappa shape index (κ2) is 8.66. The Kier molecular flexibility index (Phi) is 7.35. The van der Waals surface area contributed by atoms with Crippen LogP contribution in [0.4, 0.5) is 0 Å². The highest BCUT2D eigenvalue weighted by Crippen LogP contribution is 2.04. The second-order valence-electron chi connectivity index (χ2n) is 2.99. The molecule has 0 fully saturated rings. The van der Waals surface area contributed by atoms with E-state index in [1.807, 2.05) is 0 Å². The smallest absolute Gasteiger partial charge is 0.316 e. The van der Waals surface area contributed by atoms with Gasteiger partial charge in [-0.2, -0.15) is 0 Å². The third-order valence-electron chi connectivity index (χ3n) is 1.69. The first kappa shape index (κ1) is 13.6. The first-order valence-electron chi connectivity index (χ1n) is 5.00. The molecule has 0 atom stereocenters. The highest BCUT2D eigenvalue weighted by molar-refractivity contribution is 14.1. The van der Waals surface area contributed by atoms with Gasteiger partial charge in [0.2, 0.25) is 0 Å². The summed E-state index contributed by atoms with van der Waals surface area (Å²) in [6.45, 7) is 2.47. The summed E-state index contributed by atoms with van der Waals surface area (Å²) in [6.07, 6.45) is 4.26. The van der Waals surface area contributed by atoms with E-state index >= 15 is 0 Å². The summed E-state index contributed by atoms with van der Waals surface area (Å²) in [7, 11) is 1.65. The molecule has 0 aliphatic rings. The molecule has 1 heterocycles. The molecule has 0 aromatic carbocycles. The Morgan fingerprint density at radius 1 is 1.12 bits per heavy atom. The topological polar surface area (TPSA) is 53.5 Å². The quantitative estimate of drug-likeness (QED) is 0.531. The van der Waals surface area contributed by atoms with Crippen molar-refractivity contribution in [2.24, 2.45) is 0 Å². The first-order valence-corrected chi connectivity index (χ1v) is 6.08. The van der Waals surface area contributed by atoms with Crippen molar-refractivity contribution in [2.75, 3.05) is 33.5 Å². The van der Waals surface area contributed by atoms with Crippen molar-refractivity contribution in [1.82, 2.24) is 9.97 Å². The van der Waals surface area contributed by atoms with Crippen LogP contribution in [0.3, 0.4) is 0 Å². The molecular weight excluding hydrogens is 323 g/mol. The van der Waals surface area contributed by atoms with Crippen LogP contribution in [0.2, 0.25) is 0 Å². The molecule has 1 aromatic rings. The second-order valence-corrected chi connectivity index (χ2v) is 4.24. The molecule has 1 rings (SSSR count). The number of rotatable bonds is 8. The molecule has 0 unspecified atom stereocenters. The Morgan fingerprint density at radius 3 is 2.56 bits per heavy atom. The molecule has 1 aromatic heterocycles. The van der Waals surface area contributed by atoms with Crippen molar-refractivity contribution in [2.45, 2.75) is 6.42 Å². The molecule has 0 spiro atoms. The molecule has 6 heteroatoms. The van der Waals surface area contributed by atoms with Crippen LogP contribution in [-0.2, 0) is 9.47 Å². The summed E-state index contributed by atoms with van der Waals surface area (Å²) in [4.78, 5) is 8.05. The maximum absolute atomic E-state index is 5.33. The molecule has 5 nitrogen and oxygen atoms in total. The Bertz CT molecular complexity index is 282. The van der Waals surface area contributed by atoms with Crippen LogP contribution in [0.5, 0.6) is 6.01 Å². The van der Waals surface area contributed by atoms with Gasteiger partial charge in [-0.3, -0.25) is 0 Å². The summed E-state index contributed by atoms with van der Waals surface area (Å²) in [5, 5.41) is 0. The van der Waals surface area contributed by atoms with Gasteiger partial charge in [-0.25, -0.2) is 9.97 Å². The normalized spacial score (nSPS) is 10.4. The van der Waals surface area contributed by atoms with E-state index < -0.39 is 0 Å². The highest BCUT2D eigenvalue weighted by atomic mass is 127. The Balaban J connectivity index is 2.01. The standard InChI is InChI=1S/C10H15IN2O3/c1-14-5-6-15-3-2-4-16-10-12-7-9(11)8-13-10/h7-8H,2-6H2,1H3. The van der Waals surface area contributed by atoms with E-state index in [1.54, 1.807) is 19.5 Å². The van der Waals surface area contributed by atoms with Gasteiger partial charge in [-0.15, -0.1) is 0 Å². The lowest BCUT2D eigenvalue weighted by atomic mass is 10.5. The van der Waals surface area contributed by atoms with E-state index in [-0.39, 0.29) is 0 Å². The largest absolute Gasteiger partial charge is 0.463 e. The molecule has 0 bridgehead atoms. The van der Waals surface area contributed by atoms with Crippen LogP contribution in [0.25, 0.3) is 0 Å². The van der Waals surface area contributed by atoms with E-state index in [1.165, 1.54) is 0 Å². The van der Waals surface area contributed by atoms with Crippen LogP contribution < -0.4 is 4.74 Å². The van der Waals surface area contributed by atoms with Crippen LogP contribution in [0, 0.1) is 3.57 Å². The fourth-order valence-electron chi connectivity index (χ4n) is 0.944. The van der Waals surface area contributed by atoms with Gasteiger partial charge in [-0.05, 0) is 22.6 Å². The summed E-state index contributed by atoms with van der Waals surface area (Å²) in [5.41, 5.74) is 0. The summed E-state index contributed by atoms with van der Waals surface area (Å²) < 4.78 is 16.5. The van der Waals surface area contributed by atoms with Crippen molar-refractivity contribution < 1.29 is 14.2 Å². The summed E-state index contributed by atoms with van der Waals surface area (Å²) in [6, 6.07) is 0.414. The van der Waals surface area contributed by atoms with Gasteiger partial charge in [0.05, 0.1) is 19.8 Å². The van der Waals surface area contributed by atoms with Gasteiger partial charge in [0.15, 0.2) is 0 Å². The SMILES string of the molecule is COCCOCCCOc1ncc(I)cn1. The molecule has 0 saturated heterocycles. The molecule has 16 heavy (non-hydrogen) atoms. The maximum atomic E-state index is 5.33. The zero-order valence-electron chi connectivity index (χ0n) is 9.19. The van der Waals surface area contributed by atoms with Crippen molar-refractivity contribution in [3.8, 4) is 6.01 Å². The van der Waals surface area contributed by atoms with E-state index in [0.29, 0.717) is 32.4 Å². The Labute approximate surface area is 109 Å². The highest BCUT2D eigenvalue weighted by Gasteiger charge is 1.96. The van der Waals surface area contributed by atoms with Gasteiger partial charge < -0.3 is 14.2 Å². The van der Waals surface area contributed by atoms with Crippen LogP contribution in [0.1, 0.15) is 6.42 Å². The average molecular weight is 338 g/mol. The van der Waals surface area contributed by atoms with E-state index in [4.69, 9.17) is 14.2 Å². The maximum Gasteiger partial charge on any atom is 0.316 e. The number of methoxy groups -OCH3 is 1. The van der Waals surface area contributed by atoms with Crippen molar-refractivity contribution in [3.05, 3.63) is 16.0 Å². The number of ether oxygens (including phenoxy) is 3. The lowest BCUT2D eigenvalue weighted by Crippen LogP contribution is -2.07. The van der Waals surface area contributed by atoms with Gasteiger partial charge in [0.1, 0.15) is 0 Å². The van der Waals surface area contributed by atoms with Gasteiger partial charge >= 0.3 is 6.01 Å². The predicted octanol–water partition coefficient (Wildman–Crippen LogP) is 1.51. The zero-order chi connectivity index (χ0) is 11.6. The number of halogens is 1. The minimum absolute atomic E-state index is 0.414. The fraction of sp³-hybridized carbons (Fsp3) is 0.600. The average Bonchev–Trinajstić information content (AvgIpc) is 2.30. The van der Waals surface area contributed by atoms with Crippen molar-refractivity contribution >= 4 is 22.6 Å². The lowest BCUT2D eigenvalue weighted by Gasteiger charge is -2.04. The van der Waals surface area contributed by atoms with Crippen LogP contribution >= 0.6 is 22.6 Å². The van der Waals surface area contributed by atoms with E-state index in [9.17, 15) is 0 Å². The number of hydrogen-bond acceptors (Lipinski definition) is 5. The minimum Gasteiger partial charge on any atom is -0.463 e. The molecule has 0 radical (unpaired) electrons. The number of hydrogen-bond donors (Lipinski definition) is 0. The van der Waals surface area contributed by atoms with Crippen molar-refractivity contribution in [1.29, 1.82) is 0 Å². The third-order valence-corrected chi connectivity index (χ3v) is 2.25. The number of nitrogens with zero attached hydrogens (tertiary/aromatic N) is 2. The monoisotopic (exact) mass is 338 g/mol. The first-order chi connectivity index (χ1) is 7.83. The molecule has 0 amide bonds. The Morgan fingerprint density at radius 2 is 1.88 bits per heavy atom. The fourth-order valence-corrected chi connectivity index (χ4v) is 1.22. The zero-order valence-corrected chi connectivity index (χ0v) is 11.3. The summed E-state index contributed by atoms with van der Waals surface area (Å²) in [5.74, 6) is 0. The summed E-state index contributed by atoms with van der Waals surface area (Å²) >= 11 is 2.15. The van der Waals surface area contributed by atoms with Gasteiger partial charge in [0.25, 0.3) is 0 Å². The van der Waals surface area contributed by atoms with Gasteiger partial charge in [0, 0.05) is 36.1 Å². The van der Waals surface area contributed by atoms with Gasteiger partial charge in [-0.1, -0.05) is 0 Å². The molecule has 0 saturated carbocycles. The number of aromatic nitrogens is 2. The predicted molar refractivity (Wildman–Crippen MR) is 67.6 cm³/mol. The molecule has 0 N–H and O–H groups in total. The van der Waals surface area contributed by atoms with Crippen molar-refractivity contribution in [3.63, 3.8) is 0 Å². The molecule has 0 aliphatic carbocycles. The lowest BCUT2D eigenvalue weighted by molar-refractivity contribution is 0.0639. The van der Waals surface area contributed by atoms with Crippen LogP contribution in [0.15, 0.2) is 12.4 Å². The molecular formula is C10H15IN2O3. The molecule has 0 aliphatic heterocycles. The Hall–Kier alpha value is -0.470. The molecule has 90 valence electrons. The van der Waals surface area contributed by atoms with Crippen LogP contribution in [-0.4, -0.2) is 43.5 Å². The van der Waals surface area contributed by atoms with E-state index in [0.717, 1.165) is 9.99 Å². The van der Waals surface area contributed by atoms with E-state index in [2.05, 4.69) is 32.6 Å². The third kappa shape index (κ3) is 6.19. The minimum atomic E-state index is 0.414.